The minimum absolute atomic E-state index is 0.139. The molecule has 0 unspecified atom stereocenters. The zero-order valence-electron chi connectivity index (χ0n) is 14.6. The third kappa shape index (κ3) is 4.48. The molecule has 6 nitrogen and oxygen atoms in total. The van der Waals surface area contributed by atoms with Crippen LogP contribution in [0.2, 0.25) is 0 Å². The molecule has 0 spiro atoms. The van der Waals surface area contributed by atoms with Crippen molar-refractivity contribution < 1.29 is 4.74 Å². The first kappa shape index (κ1) is 17.2. The van der Waals surface area contributed by atoms with Gasteiger partial charge in [0.2, 0.25) is 0 Å². The lowest BCUT2D eigenvalue weighted by molar-refractivity contribution is 0.242. The number of ether oxygens (including phenoxy) is 1. The summed E-state index contributed by atoms with van der Waals surface area (Å²) in [6.07, 6.45) is 1.61. The zero-order valence-corrected chi connectivity index (χ0v) is 14.6. The Kier molecular flexibility index (Phi) is 5.30. The van der Waals surface area contributed by atoms with Gasteiger partial charge in [-0.15, -0.1) is 0 Å². The molecule has 0 aliphatic carbocycles. The summed E-state index contributed by atoms with van der Waals surface area (Å²) in [6.45, 7) is 3.98. The van der Waals surface area contributed by atoms with E-state index in [1.54, 1.807) is 12.1 Å². The number of hydrogen-bond donors (Lipinski definition) is 2. The Labute approximate surface area is 152 Å². The van der Waals surface area contributed by atoms with Crippen molar-refractivity contribution in [2.45, 2.75) is 20.0 Å². The van der Waals surface area contributed by atoms with Crippen LogP contribution in [0.3, 0.4) is 0 Å². The van der Waals surface area contributed by atoms with E-state index in [2.05, 4.69) is 26.7 Å². The van der Waals surface area contributed by atoms with Gasteiger partial charge < -0.3 is 15.4 Å². The Morgan fingerprint density at radius 2 is 1.65 bits per heavy atom. The molecule has 3 aromatic rings. The molecular formula is C20H19N5O. The third-order valence-electron chi connectivity index (χ3n) is 3.48. The van der Waals surface area contributed by atoms with Crippen molar-refractivity contribution in [3.63, 3.8) is 0 Å². The molecule has 0 amide bonds. The number of para-hydroxylation sites is 1. The predicted molar refractivity (Wildman–Crippen MR) is 102 cm³/mol. The maximum atomic E-state index is 9.18. The van der Waals surface area contributed by atoms with Crippen molar-refractivity contribution >= 4 is 23.0 Å². The van der Waals surface area contributed by atoms with Crippen molar-refractivity contribution in [1.29, 1.82) is 5.26 Å². The molecule has 0 aliphatic rings. The number of hydrogen-bond acceptors (Lipinski definition) is 6. The number of benzene rings is 2. The highest BCUT2D eigenvalue weighted by Gasteiger charge is 2.04. The summed E-state index contributed by atoms with van der Waals surface area (Å²) in [5, 5.41) is 15.6. The predicted octanol–water partition coefficient (Wildman–Crippen LogP) is 4.62. The number of nitrogens with one attached hydrogen (secondary N) is 2. The minimum Gasteiger partial charge on any atom is -0.491 e. The van der Waals surface area contributed by atoms with E-state index < -0.39 is 0 Å². The van der Waals surface area contributed by atoms with Crippen molar-refractivity contribution in [3.8, 4) is 11.8 Å². The first-order chi connectivity index (χ1) is 12.6. The SMILES string of the molecule is CC(C)Oc1ccc(Nc2cc(Nc3ccccc3C#N)ncn2)cc1. The van der Waals surface area contributed by atoms with E-state index in [9.17, 15) is 5.26 Å². The molecule has 6 heteroatoms. The minimum atomic E-state index is 0.139. The summed E-state index contributed by atoms with van der Waals surface area (Å²) in [4.78, 5) is 8.44. The third-order valence-corrected chi connectivity index (χ3v) is 3.48. The van der Waals surface area contributed by atoms with Crippen LogP contribution in [0.5, 0.6) is 5.75 Å². The Bertz CT molecular complexity index is 916. The molecule has 2 aromatic carbocycles. The van der Waals surface area contributed by atoms with Gasteiger partial charge in [-0.3, -0.25) is 0 Å². The Morgan fingerprint density at radius 1 is 0.962 bits per heavy atom. The van der Waals surface area contributed by atoms with Crippen molar-refractivity contribution in [1.82, 2.24) is 9.97 Å². The molecule has 0 aliphatic heterocycles. The van der Waals surface area contributed by atoms with E-state index >= 15 is 0 Å². The molecule has 0 bridgehead atoms. The van der Waals surface area contributed by atoms with Crippen molar-refractivity contribution in [3.05, 3.63) is 66.5 Å². The smallest absolute Gasteiger partial charge is 0.135 e. The monoisotopic (exact) mass is 345 g/mol. The van der Waals surface area contributed by atoms with Crippen LogP contribution in [-0.2, 0) is 0 Å². The molecule has 2 N–H and O–H groups in total. The van der Waals surface area contributed by atoms with E-state index in [-0.39, 0.29) is 6.10 Å². The molecule has 130 valence electrons. The molecular weight excluding hydrogens is 326 g/mol. The van der Waals surface area contributed by atoms with E-state index in [0.717, 1.165) is 11.4 Å². The largest absolute Gasteiger partial charge is 0.491 e. The number of nitrogens with zero attached hydrogens (tertiary/aromatic N) is 3. The van der Waals surface area contributed by atoms with Crippen LogP contribution in [0.4, 0.5) is 23.0 Å². The van der Waals surface area contributed by atoms with Crippen LogP contribution in [0, 0.1) is 11.3 Å². The highest BCUT2D eigenvalue weighted by atomic mass is 16.5. The topological polar surface area (TPSA) is 82.9 Å². The molecule has 0 saturated heterocycles. The molecule has 0 atom stereocenters. The zero-order chi connectivity index (χ0) is 18.4. The van der Waals surface area contributed by atoms with Gasteiger partial charge >= 0.3 is 0 Å². The number of rotatable bonds is 6. The van der Waals surface area contributed by atoms with Crippen LogP contribution in [0.15, 0.2) is 60.9 Å². The first-order valence-corrected chi connectivity index (χ1v) is 8.26. The summed E-state index contributed by atoms with van der Waals surface area (Å²) in [5.41, 5.74) is 2.15. The normalized spacial score (nSPS) is 10.2. The Hall–Kier alpha value is -3.59. The van der Waals surface area contributed by atoms with Gasteiger partial charge in [0, 0.05) is 11.8 Å². The van der Waals surface area contributed by atoms with Gasteiger partial charge in [0.05, 0.1) is 17.4 Å². The summed E-state index contributed by atoms with van der Waals surface area (Å²) in [5.74, 6) is 2.07. The summed E-state index contributed by atoms with van der Waals surface area (Å²) in [7, 11) is 0. The Morgan fingerprint density at radius 3 is 2.35 bits per heavy atom. The average molecular weight is 345 g/mol. The molecule has 26 heavy (non-hydrogen) atoms. The lowest BCUT2D eigenvalue weighted by Gasteiger charge is -2.11. The second-order valence-electron chi connectivity index (χ2n) is 5.89. The van der Waals surface area contributed by atoms with E-state index in [0.29, 0.717) is 22.9 Å². The van der Waals surface area contributed by atoms with Gasteiger partial charge in [0.25, 0.3) is 0 Å². The fourth-order valence-electron chi connectivity index (χ4n) is 2.36. The quantitative estimate of drug-likeness (QED) is 0.678. The highest BCUT2D eigenvalue weighted by Crippen LogP contribution is 2.23. The van der Waals surface area contributed by atoms with Gasteiger partial charge in [-0.25, -0.2) is 9.97 Å². The number of aromatic nitrogens is 2. The lowest BCUT2D eigenvalue weighted by Crippen LogP contribution is -2.05. The molecule has 0 radical (unpaired) electrons. The van der Waals surface area contributed by atoms with E-state index in [4.69, 9.17) is 4.74 Å². The molecule has 1 aromatic heterocycles. The second-order valence-corrected chi connectivity index (χ2v) is 5.89. The van der Waals surface area contributed by atoms with Gasteiger partial charge in [0.1, 0.15) is 29.8 Å². The Balaban J connectivity index is 1.72. The van der Waals surface area contributed by atoms with E-state index in [1.165, 1.54) is 6.33 Å². The summed E-state index contributed by atoms with van der Waals surface area (Å²) in [6, 6.07) is 18.9. The molecule has 0 saturated carbocycles. The number of nitriles is 1. The molecule has 1 heterocycles. The van der Waals surface area contributed by atoms with Gasteiger partial charge in [0.15, 0.2) is 0 Å². The molecule has 0 fully saturated rings. The summed E-state index contributed by atoms with van der Waals surface area (Å²) >= 11 is 0. The highest BCUT2D eigenvalue weighted by molar-refractivity contribution is 5.67. The fraction of sp³-hybridized carbons (Fsp3) is 0.150. The first-order valence-electron chi connectivity index (χ1n) is 8.26. The van der Waals surface area contributed by atoms with Crippen LogP contribution in [-0.4, -0.2) is 16.1 Å². The van der Waals surface area contributed by atoms with Crippen LogP contribution in [0.25, 0.3) is 0 Å². The standard InChI is InChI=1S/C20H19N5O/c1-14(2)26-17-9-7-16(8-10-17)24-19-11-20(23-13-22-19)25-18-6-4-3-5-15(18)12-21/h3-11,13-14H,1-2H3,(H2,22,23,24,25). The van der Waals surface area contributed by atoms with Crippen LogP contribution < -0.4 is 15.4 Å². The van der Waals surface area contributed by atoms with Gasteiger partial charge in [-0.2, -0.15) is 5.26 Å². The molecule has 3 rings (SSSR count). The second kappa shape index (κ2) is 7.99. The maximum Gasteiger partial charge on any atom is 0.135 e. The lowest BCUT2D eigenvalue weighted by atomic mass is 10.2. The van der Waals surface area contributed by atoms with Gasteiger partial charge in [-0.05, 0) is 50.2 Å². The average Bonchev–Trinajstić information content (AvgIpc) is 2.64. The van der Waals surface area contributed by atoms with Gasteiger partial charge in [-0.1, -0.05) is 12.1 Å². The maximum absolute atomic E-state index is 9.18. The van der Waals surface area contributed by atoms with Crippen molar-refractivity contribution in [2.24, 2.45) is 0 Å². The van der Waals surface area contributed by atoms with Crippen LogP contribution in [0.1, 0.15) is 19.4 Å². The van der Waals surface area contributed by atoms with Crippen LogP contribution >= 0.6 is 0 Å². The van der Waals surface area contributed by atoms with Crippen molar-refractivity contribution in [2.75, 3.05) is 10.6 Å². The fourth-order valence-corrected chi connectivity index (χ4v) is 2.36. The summed E-state index contributed by atoms with van der Waals surface area (Å²) < 4.78 is 5.64. The number of anilines is 4. The van der Waals surface area contributed by atoms with E-state index in [1.807, 2.05) is 56.3 Å².